The summed E-state index contributed by atoms with van der Waals surface area (Å²) in [5.41, 5.74) is 3.98. The fourth-order valence-electron chi connectivity index (χ4n) is 4.61. The smallest absolute Gasteiger partial charge is 0.247 e. The van der Waals surface area contributed by atoms with Crippen molar-refractivity contribution in [2.24, 2.45) is 0 Å². The van der Waals surface area contributed by atoms with Gasteiger partial charge in [-0.05, 0) is 82.0 Å². The minimum absolute atomic E-state index is 0.0371. The van der Waals surface area contributed by atoms with E-state index in [-0.39, 0.29) is 18.4 Å². The molecule has 8 heteroatoms. The van der Waals surface area contributed by atoms with Crippen LogP contribution in [-0.4, -0.2) is 50.4 Å². The first-order chi connectivity index (χ1) is 18.7. The van der Waals surface area contributed by atoms with Crippen molar-refractivity contribution >= 4 is 22.8 Å². The molecule has 0 aliphatic carbocycles. The lowest BCUT2D eigenvalue weighted by Gasteiger charge is -2.34. The summed E-state index contributed by atoms with van der Waals surface area (Å²) in [6.07, 6.45) is 0.604. The van der Waals surface area contributed by atoms with Crippen LogP contribution >= 0.6 is 0 Å². The molecule has 39 heavy (non-hydrogen) atoms. The van der Waals surface area contributed by atoms with Crippen molar-refractivity contribution in [3.63, 3.8) is 0 Å². The third-order valence-corrected chi connectivity index (χ3v) is 6.47. The number of aryl methyl sites for hydroxylation is 1. The van der Waals surface area contributed by atoms with Gasteiger partial charge >= 0.3 is 0 Å². The first kappa shape index (κ1) is 27.8. The van der Waals surface area contributed by atoms with Crippen LogP contribution in [0.15, 0.2) is 72.8 Å². The van der Waals surface area contributed by atoms with Crippen LogP contribution < -0.4 is 10.1 Å². The van der Waals surface area contributed by atoms with Gasteiger partial charge in [0, 0.05) is 12.1 Å². The van der Waals surface area contributed by atoms with Crippen molar-refractivity contribution in [1.82, 2.24) is 25.2 Å². The number of hydrogen-bond donors (Lipinski definition) is 1. The van der Waals surface area contributed by atoms with Crippen LogP contribution in [0.5, 0.6) is 5.75 Å². The molecule has 204 valence electrons. The predicted octanol–water partition coefficient (Wildman–Crippen LogP) is 4.87. The Balaban J connectivity index is 1.73. The highest BCUT2D eigenvalue weighted by molar-refractivity contribution is 5.89. The van der Waals surface area contributed by atoms with Gasteiger partial charge in [0.15, 0.2) is 0 Å². The molecule has 0 fully saturated rings. The van der Waals surface area contributed by atoms with Crippen LogP contribution in [0.4, 0.5) is 0 Å². The van der Waals surface area contributed by atoms with E-state index in [4.69, 9.17) is 4.74 Å². The molecule has 1 heterocycles. The average molecular weight is 528 g/mol. The maximum absolute atomic E-state index is 14.0. The zero-order valence-corrected chi connectivity index (χ0v) is 23.3. The topological polar surface area (TPSA) is 89.4 Å². The van der Waals surface area contributed by atoms with E-state index in [1.165, 1.54) is 0 Å². The molecular formula is C31H37N5O3. The van der Waals surface area contributed by atoms with Crippen LogP contribution in [0.2, 0.25) is 0 Å². The molecule has 1 N–H and O–H groups in total. The molecule has 3 aromatic carbocycles. The Morgan fingerprint density at radius 1 is 1.00 bits per heavy atom. The molecule has 8 nitrogen and oxygen atoms in total. The second-order valence-electron chi connectivity index (χ2n) is 10.6. The van der Waals surface area contributed by atoms with E-state index in [2.05, 4.69) is 34.7 Å². The maximum Gasteiger partial charge on any atom is 0.247 e. The van der Waals surface area contributed by atoms with E-state index >= 15 is 0 Å². The molecule has 0 radical (unpaired) electrons. The Hall–Kier alpha value is -4.20. The highest BCUT2D eigenvalue weighted by Gasteiger charge is 2.33. The number of benzene rings is 3. The second-order valence-corrected chi connectivity index (χ2v) is 10.6. The molecule has 1 atom stereocenters. The van der Waals surface area contributed by atoms with Gasteiger partial charge in [-0.1, -0.05) is 53.7 Å². The van der Waals surface area contributed by atoms with E-state index in [1.54, 1.807) is 9.58 Å². The van der Waals surface area contributed by atoms with Gasteiger partial charge in [0.2, 0.25) is 11.8 Å². The fourth-order valence-corrected chi connectivity index (χ4v) is 4.61. The molecule has 1 aromatic heterocycles. The number of amides is 2. The number of ether oxygens (including phenoxy) is 1. The Morgan fingerprint density at radius 3 is 2.38 bits per heavy atom. The van der Waals surface area contributed by atoms with Crippen molar-refractivity contribution in [3.05, 3.63) is 89.5 Å². The molecule has 0 saturated carbocycles. The van der Waals surface area contributed by atoms with E-state index in [9.17, 15) is 9.59 Å². The number of hydrogen-bond acceptors (Lipinski definition) is 5. The molecular weight excluding hydrogens is 490 g/mol. The molecule has 0 unspecified atom stereocenters. The molecule has 0 spiro atoms. The summed E-state index contributed by atoms with van der Waals surface area (Å²) in [6, 6.07) is 22.2. The van der Waals surface area contributed by atoms with Crippen molar-refractivity contribution in [3.8, 4) is 5.75 Å². The van der Waals surface area contributed by atoms with Gasteiger partial charge < -0.3 is 15.0 Å². The number of nitrogens with zero attached hydrogens (tertiary/aromatic N) is 4. The number of carbonyl (C=O) groups excluding carboxylic acids is 2. The second kappa shape index (κ2) is 12.1. The molecule has 4 rings (SSSR count). The Labute approximate surface area is 230 Å². The Morgan fingerprint density at radius 2 is 1.69 bits per heavy atom. The molecule has 0 aliphatic rings. The van der Waals surface area contributed by atoms with Gasteiger partial charge in [-0.25, -0.2) is 4.68 Å². The fraction of sp³-hybridized carbons (Fsp3) is 0.355. The van der Waals surface area contributed by atoms with Crippen molar-refractivity contribution < 1.29 is 14.3 Å². The minimum atomic E-state index is -0.841. The summed E-state index contributed by atoms with van der Waals surface area (Å²) in [7, 11) is 0. The third kappa shape index (κ3) is 7.02. The lowest BCUT2D eigenvalue weighted by Crippen LogP contribution is -2.50. The van der Waals surface area contributed by atoms with Crippen LogP contribution in [0.3, 0.4) is 0 Å². The summed E-state index contributed by atoms with van der Waals surface area (Å²) in [5, 5.41) is 11.5. The molecule has 0 aliphatic heterocycles. The first-order valence-electron chi connectivity index (χ1n) is 13.3. The van der Waals surface area contributed by atoms with E-state index < -0.39 is 11.6 Å². The monoisotopic (exact) mass is 527 g/mol. The highest BCUT2D eigenvalue weighted by Crippen LogP contribution is 2.26. The lowest BCUT2D eigenvalue weighted by molar-refractivity contribution is -0.142. The molecule has 0 saturated heterocycles. The SMILES string of the molecule is CCOc1ccc([C@@H](C(=O)NC(C)(C)C)N(CCc2ccccc2C)C(=O)Cn2nnc3ccccc32)cc1. The summed E-state index contributed by atoms with van der Waals surface area (Å²) in [6.45, 7) is 10.6. The maximum atomic E-state index is 14.0. The third-order valence-electron chi connectivity index (χ3n) is 6.47. The number of para-hydroxylation sites is 1. The summed E-state index contributed by atoms with van der Waals surface area (Å²) in [5.74, 6) is 0.249. The molecule has 2 amide bonds. The largest absolute Gasteiger partial charge is 0.494 e. The number of rotatable bonds is 10. The van der Waals surface area contributed by atoms with Gasteiger partial charge in [0.25, 0.3) is 0 Å². The van der Waals surface area contributed by atoms with Crippen LogP contribution in [0, 0.1) is 6.92 Å². The summed E-state index contributed by atoms with van der Waals surface area (Å²) in [4.78, 5) is 29.6. The number of nitrogens with one attached hydrogen (secondary N) is 1. The molecule has 0 bridgehead atoms. The van der Waals surface area contributed by atoms with E-state index in [0.29, 0.717) is 36.4 Å². The normalized spacial score (nSPS) is 12.2. The van der Waals surface area contributed by atoms with Crippen molar-refractivity contribution in [2.75, 3.05) is 13.2 Å². The minimum Gasteiger partial charge on any atom is -0.494 e. The van der Waals surface area contributed by atoms with Crippen LogP contribution in [0.1, 0.15) is 50.4 Å². The summed E-state index contributed by atoms with van der Waals surface area (Å²) < 4.78 is 7.21. The first-order valence-corrected chi connectivity index (χ1v) is 13.3. The van der Waals surface area contributed by atoms with Crippen molar-refractivity contribution in [1.29, 1.82) is 0 Å². The van der Waals surface area contributed by atoms with E-state index in [1.807, 2.05) is 88.4 Å². The van der Waals surface area contributed by atoms with Crippen LogP contribution in [0.25, 0.3) is 11.0 Å². The Kier molecular flexibility index (Phi) is 8.64. The Bertz CT molecular complexity index is 1420. The van der Waals surface area contributed by atoms with Crippen LogP contribution in [-0.2, 0) is 22.6 Å². The zero-order valence-electron chi connectivity index (χ0n) is 23.3. The van der Waals surface area contributed by atoms with Gasteiger partial charge in [0.05, 0.1) is 12.1 Å². The van der Waals surface area contributed by atoms with Gasteiger partial charge in [-0.15, -0.1) is 5.10 Å². The lowest BCUT2D eigenvalue weighted by atomic mass is 10.00. The van der Waals surface area contributed by atoms with E-state index in [0.717, 1.165) is 16.6 Å². The number of fused-ring (bicyclic) bond motifs is 1. The highest BCUT2D eigenvalue weighted by atomic mass is 16.5. The standard InChI is InChI=1S/C31H37N5O3/c1-6-39-25-17-15-24(16-18-25)29(30(38)32-31(3,4)5)35(20-19-23-12-8-7-11-22(23)2)28(37)21-36-27-14-10-9-13-26(27)33-34-36/h7-18,29H,6,19-21H2,1-5H3,(H,32,38)/t29-/m0/s1. The average Bonchev–Trinajstić information content (AvgIpc) is 3.30. The van der Waals surface area contributed by atoms with Crippen molar-refractivity contribution in [2.45, 2.75) is 59.2 Å². The summed E-state index contributed by atoms with van der Waals surface area (Å²) >= 11 is 0. The predicted molar refractivity (Wildman–Crippen MR) is 152 cm³/mol. The quantitative estimate of drug-likeness (QED) is 0.318. The number of aromatic nitrogens is 3. The zero-order chi connectivity index (χ0) is 28.0. The number of carbonyl (C=O) groups is 2. The van der Waals surface area contributed by atoms with Gasteiger partial charge in [-0.3, -0.25) is 9.59 Å². The van der Waals surface area contributed by atoms with Gasteiger partial charge in [-0.2, -0.15) is 0 Å². The van der Waals surface area contributed by atoms with Gasteiger partial charge in [0.1, 0.15) is 23.9 Å². The molecule has 4 aromatic rings.